The highest BCUT2D eigenvalue weighted by Gasteiger charge is 2.23. The number of anilines is 1. The van der Waals surface area contributed by atoms with Crippen molar-refractivity contribution in [3.05, 3.63) is 54.0 Å². The quantitative estimate of drug-likeness (QED) is 0.786. The summed E-state index contributed by atoms with van der Waals surface area (Å²) in [4.78, 5) is 28.3. The molecule has 1 fully saturated rings. The lowest BCUT2D eigenvalue weighted by Crippen LogP contribution is -2.46. The molecule has 0 radical (unpaired) electrons. The highest BCUT2D eigenvalue weighted by Crippen LogP contribution is 2.17. The van der Waals surface area contributed by atoms with Crippen molar-refractivity contribution in [1.82, 2.24) is 19.8 Å². The van der Waals surface area contributed by atoms with E-state index in [1.807, 2.05) is 55.1 Å². The van der Waals surface area contributed by atoms with Crippen molar-refractivity contribution in [2.45, 2.75) is 33.4 Å². The van der Waals surface area contributed by atoms with Crippen LogP contribution < -0.4 is 4.90 Å². The van der Waals surface area contributed by atoms with Gasteiger partial charge in [-0.3, -0.25) is 4.79 Å². The van der Waals surface area contributed by atoms with Crippen LogP contribution in [0.2, 0.25) is 0 Å². The fourth-order valence-corrected chi connectivity index (χ4v) is 3.35. The molecule has 6 nitrogen and oxygen atoms in total. The third kappa shape index (κ3) is 4.83. The third-order valence-corrected chi connectivity index (χ3v) is 5.10. The first-order valence-electron chi connectivity index (χ1n) is 9.72. The van der Waals surface area contributed by atoms with Crippen molar-refractivity contribution in [2.24, 2.45) is 0 Å². The Kier molecular flexibility index (Phi) is 6.40. The van der Waals surface area contributed by atoms with Crippen molar-refractivity contribution < 1.29 is 4.79 Å². The van der Waals surface area contributed by atoms with E-state index >= 15 is 0 Å². The van der Waals surface area contributed by atoms with Gasteiger partial charge in [-0.1, -0.05) is 37.3 Å². The maximum Gasteiger partial charge on any atom is 0.273 e. The van der Waals surface area contributed by atoms with Crippen LogP contribution in [-0.4, -0.2) is 64.4 Å². The van der Waals surface area contributed by atoms with E-state index in [0.717, 1.165) is 44.1 Å². The largest absolute Gasteiger partial charge is 0.354 e. The Labute approximate surface area is 161 Å². The average Bonchev–Trinajstić information content (AvgIpc) is 2.72. The fraction of sp³-hybridized carbons (Fsp3) is 0.476. The van der Waals surface area contributed by atoms with Crippen molar-refractivity contribution in [2.75, 3.05) is 37.6 Å². The minimum atomic E-state index is -0.0512. The molecule has 1 amide bonds. The zero-order chi connectivity index (χ0) is 19.2. The van der Waals surface area contributed by atoms with Gasteiger partial charge in [-0.05, 0) is 26.0 Å². The molecule has 0 N–H and O–H groups in total. The predicted octanol–water partition coefficient (Wildman–Crippen LogP) is 2.67. The van der Waals surface area contributed by atoms with Crippen LogP contribution in [0.25, 0.3) is 0 Å². The number of piperazine rings is 1. The summed E-state index contributed by atoms with van der Waals surface area (Å²) >= 11 is 0. The first-order chi connectivity index (χ1) is 13.1. The van der Waals surface area contributed by atoms with Gasteiger partial charge in [-0.15, -0.1) is 0 Å². The van der Waals surface area contributed by atoms with Gasteiger partial charge in [0, 0.05) is 44.8 Å². The molecule has 1 aromatic heterocycles. The highest BCUT2D eigenvalue weighted by molar-refractivity contribution is 5.93. The maximum atomic E-state index is 13.1. The van der Waals surface area contributed by atoms with Crippen molar-refractivity contribution in [1.29, 1.82) is 0 Å². The van der Waals surface area contributed by atoms with E-state index in [-0.39, 0.29) is 11.9 Å². The van der Waals surface area contributed by atoms with Gasteiger partial charge in [0.15, 0.2) is 0 Å². The summed E-state index contributed by atoms with van der Waals surface area (Å²) in [5, 5.41) is 0. The molecular weight excluding hydrogens is 338 g/mol. The number of benzene rings is 1. The minimum Gasteiger partial charge on any atom is -0.354 e. The van der Waals surface area contributed by atoms with Crippen LogP contribution in [0.1, 0.15) is 36.8 Å². The average molecular weight is 367 g/mol. The van der Waals surface area contributed by atoms with Crippen LogP contribution in [-0.2, 0) is 6.54 Å². The number of likely N-dealkylation sites (N-methyl/N-ethyl adjacent to an activating group) is 1. The van der Waals surface area contributed by atoms with E-state index in [2.05, 4.69) is 26.7 Å². The monoisotopic (exact) mass is 367 g/mol. The number of hydrogen-bond acceptors (Lipinski definition) is 5. The summed E-state index contributed by atoms with van der Waals surface area (Å²) in [6.07, 6.45) is 1.51. The Morgan fingerprint density at radius 3 is 2.44 bits per heavy atom. The second-order valence-electron chi connectivity index (χ2n) is 7.20. The molecule has 0 unspecified atom stereocenters. The van der Waals surface area contributed by atoms with Crippen LogP contribution in [0, 0.1) is 0 Å². The summed E-state index contributed by atoms with van der Waals surface area (Å²) in [6.45, 7) is 11.8. The Hall–Kier alpha value is -2.47. The maximum absolute atomic E-state index is 13.1. The highest BCUT2D eigenvalue weighted by atomic mass is 16.2. The van der Waals surface area contributed by atoms with Gasteiger partial charge in [0.25, 0.3) is 5.91 Å². The molecule has 1 aromatic carbocycles. The molecule has 0 bridgehead atoms. The molecule has 0 spiro atoms. The van der Waals surface area contributed by atoms with Gasteiger partial charge >= 0.3 is 0 Å². The zero-order valence-corrected chi connectivity index (χ0v) is 16.5. The number of aromatic nitrogens is 2. The molecule has 2 aromatic rings. The molecular formula is C21H29N5O. The lowest BCUT2D eigenvalue weighted by Gasteiger charge is -2.34. The van der Waals surface area contributed by atoms with Gasteiger partial charge in [-0.2, -0.15) is 0 Å². The number of rotatable bonds is 6. The van der Waals surface area contributed by atoms with Gasteiger partial charge in [0.05, 0.1) is 0 Å². The molecule has 0 aliphatic carbocycles. The van der Waals surface area contributed by atoms with Crippen LogP contribution in [0.3, 0.4) is 0 Å². The second-order valence-corrected chi connectivity index (χ2v) is 7.20. The third-order valence-electron chi connectivity index (χ3n) is 5.10. The molecule has 144 valence electrons. The number of nitrogens with zero attached hydrogens (tertiary/aromatic N) is 5. The molecule has 27 heavy (non-hydrogen) atoms. The van der Waals surface area contributed by atoms with E-state index in [1.165, 1.54) is 6.33 Å². The smallest absolute Gasteiger partial charge is 0.273 e. The van der Waals surface area contributed by atoms with Crippen LogP contribution >= 0.6 is 0 Å². The summed E-state index contributed by atoms with van der Waals surface area (Å²) in [5.41, 5.74) is 1.58. The van der Waals surface area contributed by atoms with E-state index in [0.29, 0.717) is 12.2 Å². The molecule has 1 aliphatic heterocycles. The molecule has 3 rings (SSSR count). The van der Waals surface area contributed by atoms with Gasteiger partial charge in [0.2, 0.25) is 0 Å². The number of hydrogen-bond donors (Lipinski definition) is 0. The topological polar surface area (TPSA) is 52.6 Å². The zero-order valence-electron chi connectivity index (χ0n) is 16.5. The second kappa shape index (κ2) is 8.95. The predicted molar refractivity (Wildman–Crippen MR) is 108 cm³/mol. The van der Waals surface area contributed by atoms with Gasteiger partial charge in [0.1, 0.15) is 17.8 Å². The standard InChI is InChI=1S/C21H29N5O/c1-4-24-10-12-25(13-11-24)20-14-19(22-16-23-20)21(27)26(17(2)3)15-18-8-6-5-7-9-18/h5-9,14,16-17H,4,10-13,15H2,1-3H3. The summed E-state index contributed by atoms with van der Waals surface area (Å²) in [6, 6.07) is 12.0. The number of amides is 1. The number of carbonyl (C=O) groups excluding carboxylic acids is 1. The Bertz CT molecular complexity index is 741. The normalized spacial score (nSPS) is 15.2. The molecule has 0 atom stereocenters. The number of carbonyl (C=O) groups is 1. The molecule has 0 saturated carbocycles. The van der Waals surface area contributed by atoms with Crippen molar-refractivity contribution >= 4 is 11.7 Å². The van der Waals surface area contributed by atoms with Gasteiger partial charge < -0.3 is 14.7 Å². The van der Waals surface area contributed by atoms with Crippen LogP contribution in [0.5, 0.6) is 0 Å². The summed E-state index contributed by atoms with van der Waals surface area (Å²) < 4.78 is 0. The van der Waals surface area contributed by atoms with E-state index in [4.69, 9.17) is 0 Å². The Morgan fingerprint density at radius 2 is 1.81 bits per heavy atom. The van der Waals surface area contributed by atoms with Crippen LogP contribution in [0.4, 0.5) is 5.82 Å². The lowest BCUT2D eigenvalue weighted by molar-refractivity contribution is 0.0684. The lowest BCUT2D eigenvalue weighted by atomic mass is 10.1. The first kappa shape index (κ1) is 19.3. The SMILES string of the molecule is CCN1CCN(c2cc(C(=O)N(Cc3ccccc3)C(C)C)ncn2)CC1. The molecule has 1 saturated heterocycles. The van der Waals surface area contributed by atoms with Gasteiger partial charge in [-0.25, -0.2) is 9.97 Å². The minimum absolute atomic E-state index is 0.0512. The molecule has 2 heterocycles. The van der Waals surface area contributed by atoms with Crippen molar-refractivity contribution in [3.63, 3.8) is 0 Å². The molecule has 6 heteroatoms. The van der Waals surface area contributed by atoms with E-state index in [9.17, 15) is 4.79 Å². The van der Waals surface area contributed by atoms with Crippen molar-refractivity contribution in [3.8, 4) is 0 Å². The fourth-order valence-electron chi connectivity index (χ4n) is 3.35. The first-order valence-corrected chi connectivity index (χ1v) is 9.72. The van der Waals surface area contributed by atoms with E-state index < -0.39 is 0 Å². The summed E-state index contributed by atoms with van der Waals surface area (Å²) in [5.74, 6) is 0.789. The summed E-state index contributed by atoms with van der Waals surface area (Å²) in [7, 11) is 0. The molecule has 1 aliphatic rings. The van der Waals surface area contributed by atoms with Crippen LogP contribution in [0.15, 0.2) is 42.7 Å². The van der Waals surface area contributed by atoms with E-state index in [1.54, 1.807) is 0 Å². The Morgan fingerprint density at radius 1 is 1.11 bits per heavy atom. The Balaban J connectivity index is 1.75.